The van der Waals surface area contributed by atoms with Crippen molar-refractivity contribution in [3.8, 4) is 6.19 Å². The molecule has 0 bridgehead atoms. The van der Waals surface area contributed by atoms with Gasteiger partial charge in [-0.05, 0) is 26.0 Å². The Bertz CT molecular complexity index is 397. The van der Waals surface area contributed by atoms with Crippen molar-refractivity contribution in [2.75, 3.05) is 33.2 Å². The predicted octanol–water partition coefficient (Wildman–Crippen LogP) is 0.160. The molecule has 1 amide bonds. The average Bonchev–Trinajstić information content (AvgIpc) is 2.40. The Morgan fingerprint density at radius 1 is 1.60 bits per heavy atom. The molecule has 0 spiro atoms. The number of hydrogen-bond acceptors (Lipinski definition) is 5. The number of primary amides is 1. The highest BCUT2D eigenvalue weighted by molar-refractivity contribution is 5.76. The van der Waals surface area contributed by atoms with Gasteiger partial charge in [0.15, 0.2) is 6.19 Å². The van der Waals surface area contributed by atoms with Gasteiger partial charge in [-0.25, -0.2) is 0 Å². The number of amides is 1. The standard InChI is InChI=1S/C14H25N5O/c1-11(7-13(3)18-8-14(16)20)12(2)9-19(10-15)6-5-17-4/h7,12,17-18H,3,5-6,8-9H2,1-2,4H3,(H2,16,20)/b11-7+. The van der Waals surface area contributed by atoms with Crippen LogP contribution in [0.15, 0.2) is 23.9 Å². The van der Waals surface area contributed by atoms with Crippen molar-refractivity contribution >= 4 is 5.91 Å². The average molecular weight is 279 g/mol. The first kappa shape index (κ1) is 18.0. The number of nitrogens with zero attached hydrogens (tertiary/aromatic N) is 2. The lowest BCUT2D eigenvalue weighted by Crippen LogP contribution is -2.31. The Morgan fingerprint density at radius 3 is 2.75 bits per heavy atom. The Kier molecular flexibility index (Phi) is 8.88. The van der Waals surface area contributed by atoms with Crippen molar-refractivity contribution in [2.24, 2.45) is 11.7 Å². The molecule has 0 radical (unpaired) electrons. The molecule has 0 aromatic heterocycles. The fourth-order valence-electron chi connectivity index (χ4n) is 1.57. The van der Waals surface area contributed by atoms with Crippen LogP contribution >= 0.6 is 0 Å². The normalized spacial score (nSPS) is 12.4. The molecule has 1 unspecified atom stereocenters. The molecule has 20 heavy (non-hydrogen) atoms. The highest BCUT2D eigenvalue weighted by atomic mass is 16.1. The van der Waals surface area contributed by atoms with Crippen LogP contribution in [0.1, 0.15) is 13.8 Å². The lowest BCUT2D eigenvalue weighted by molar-refractivity contribution is -0.117. The fourth-order valence-corrected chi connectivity index (χ4v) is 1.57. The number of nitrogens with one attached hydrogen (secondary N) is 2. The lowest BCUT2D eigenvalue weighted by atomic mass is 10.0. The van der Waals surface area contributed by atoms with Crippen molar-refractivity contribution in [1.29, 1.82) is 5.26 Å². The van der Waals surface area contributed by atoms with Crippen LogP contribution in [0.4, 0.5) is 0 Å². The van der Waals surface area contributed by atoms with E-state index in [0.717, 1.165) is 12.1 Å². The third kappa shape index (κ3) is 8.16. The van der Waals surface area contributed by atoms with E-state index in [1.165, 1.54) is 0 Å². The van der Waals surface area contributed by atoms with Crippen LogP contribution in [-0.4, -0.2) is 44.0 Å². The highest BCUT2D eigenvalue weighted by Gasteiger charge is 2.10. The van der Waals surface area contributed by atoms with E-state index < -0.39 is 5.91 Å². The van der Waals surface area contributed by atoms with Gasteiger partial charge in [0.2, 0.25) is 5.91 Å². The van der Waals surface area contributed by atoms with Gasteiger partial charge in [0.05, 0.1) is 6.54 Å². The fraction of sp³-hybridized carbons (Fsp3) is 0.571. The van der Waals surface area contributed by atoms with E-state index in [1.54, 1.807) is 4.90 Å². The molecule has 0 heterocycles. The molecule has 0 aromatic carbocycles. The van der Waals surface area contributed by atoms with Crippen molar-refractivity contribution < 1.29 is 4.79 Å². The second kappa shape index (κ2) is 9.87. The van der Waals surface area contributed by atoms with Gasteiger partial charge >= 0.3 is 0 Å². The summed E-state index contributed by atoms with van der Waals surface area (Å²) in [4.78, 5) is 12.4. The van der Waals surface area contributed by atoms with E-state index in [0.29, 0.717) is 18.8 Å². The number of nitriles is 1. The molecule has 0 saturated carbocycles. The summed E-state index contributed by atoms with van der Waals surface area (Å²) < 4.78 is 0. The summed E-state index contributed by atoms with van der Waals surface area (Å²) in [6, 6.07) is 0. The molecule has 0 aliphatic heterocycles. The summed E-state index contributed by atoms with van der Waals surface area (Å²) in [6.07, 6.45) is 4.06. The van der Waals surface area contributed by atoms with Gasteiger partial charge in [-0.1, -0.05) is 19.1 Å². The number of rotatable bonds is 10. The number of likely N-dealkylation sites (N-methyl/N-ethyl adjacent to an activating group) is 1. The van der Waals surface area contributed by atoms with E-state index in [-0.39, 0.29) is 12.5 Å². The zero-order valence-electron chi connectivity index (χ0n) is 12.6. The van der Waals surface area contributed by atoms with Gasteiger partial charge < -0.3 is 21.3 Å². The van der Waals surface area contributed by atoms with Gasteiger partial charge in [0.25, 0.3) is 0 Å². The predicted molar refractivity (Wildman–Crippen MR) is 80.4 cm³/mol. The van der Waals surface area contributed by atoms with E-state index in [4.69, 9.17) is 11.0 Å². The topological polar surface area (TPSA) is 94.2 Å². The minimum absolute atomic E-state index is 0.0729. The Hall–Kier alpha value is -2.00. The number of hydrogen-bond donors (Lipinski definition) is 3. The van der Waals surface area contributed by atoms with Crippen molar-refractivity contribution in [1.82, 2.24) is 15.5 Å². The Balaban J connectivity index is 4.37. The van der Waals surface area contributed by atoms with Crippen LogP contribution in [0.2, 0.25) is 0 Å². The summed E-state index contributed by atoms with van der Waals surface area (Å²) in [7, 11) is 1.86. The molecule has 0 saturated heterocycles. The lowest BCUT2D eigenvalue weighted by Gasteiger charge is -2.21. The maximum atomic E-state index is 10.7. The minimum atomic E-state index is -0.423. The maximum absolute atomic E-state index is 10.7. The van der Waals surface area contributed by atoms with Crippen molar-refractivity contribution in [2.45, 2.75) is 13.8 Å². The number of allylic oxidation sites excluding steroid dienone is 1. The van der Waals surface area contributed by atoms with E-state index >= 15 is 0 Å². The van der Waals surface area contributed by atoms with Gasteiger partial charge in [0.1, 0.15) is 0 Å². The van der Waals surface area contributed by atoms with Gasteiger partial charge in [-0.2, -0.15) is 5.26 Å². The molecular weight excluding hydrogens is 254 g/mol. The molecule has 6 heteroatoms. The molecule has 1 atom stereocenters. The van der Waals surface area contributed by atoms with Crippen LogP contribution in [-0.2, 0) is 4.79 Å². The van der Waals surface area contributed by atoms with E-state index in [1.807, 2.05) is 20.0 Å². The van der Waals surface area contributed by atoms with Crippen LogP contribution in [0.3, 0.4) is 0 Å². The quantitative estimate of drug-likeness (QED) is 0.301. The zero-order chi connectivity index (χ0) is 15.5. The first-order valence-corrected chi connectivity index (χ1v) is 6.59. The number of nitrogens with two attached hydrogens (primary N) is 1. The molecule has 112 valence electrons. The first-order valence-electron chi connectivity index (χ1n) is 6.59. The summed E-state index contributed by atoms with van der Waals surface area (Å²) in [5.74, 6) is -0.202. The largest absolute Gasteiger partial charge is 0.377 e. The monoisotopic (exact) mass is 279 g/mol. The first-order chi connectivity index (χ1) is 9.40. The third-order valence-corrected chi connectivity index (χ3v) is 2.94. The Labute approximate surface area is 121 Å². The molecule has 0 aliphatic carbocycles. The van der Waals surface area contributed by atoms with Gasteiger partial charge in [-0.3, -0.25) is 4.79 Å². The molecular formula is C14H25N5O. The summed E-state index contributed by atoms with van der Waals surface area (Å²) >= 11 is 0. The molecule has 4 N–H and O–H groups in total. The van der Waals surface area contributed by atoms with Crippen molar-refractivity contribution in [3.05, 3.63) is 23.9 Å². The van der Waals surface area contributed by atoms with E-state index in [9.17, 15) is 4.79 Å². The second-order valence-electron chi connectivity index (χ2n) is 4.78. The summed E-state index contributed by atoms with van der Waals surface area (Å²) in [6.45, 7) is 10.0. The molecule has 0 fully saturated rings. The van der Waals surface area contributed by atoms with Crippen LogP contribution in [0.25, 0.3) is 0 Å². The Morgan fingerprint density at radius 2 is 2.25 bits per heavy atom. The van der Waals surface area contributed by atoms with Crippen LogP contribution < -0.4 is 16.4 Å². The van der Waals surface area contributed by atoms with E-state index in [2.05, 4.69) is 30.3 Å². The molecule has 0 aliphatic rings. The molecule has 0 rings (SSSR count). The van der Waals surface area contributed by atoms with Crippen LogP contribution in [0, 0.1) is 17.4 Å². The molecule has 0 aromatic rings. The highest BCUT2D eigenvalue weighted by Crippen LogP contribution is 2.12. The van der Waals surface area contributed by atoms with Gasteiger partial charge in [0, 0.05) is 25.3 Å². The summed E-state index contributed by atoms with van der Waals surface area (Å²) in [5, 5.41) is 14.9. The van der Waals surface area contributed by atoms with Gasteiger partial charge in [-0.15, -0.1) is 0 Å². The maximum Gasteiger partial charge on any atom is 0.236 e. The SMILES string of the molecule is C=C(/C=C(\C)C(C)CN(C#N)CCNC)NCC(N)=O. The van der Waals surface area contributed by atoms with Crippen LogP contribution in [0.5, 0.6) is 0 Å². The smallest absolute Gasteiger partial charge is 0.236 e. The van der Waals surface area contributed by atoms with Crippen molar-refractivity contribution in [3.63, 3.8) is 0 Å². The number of carbonyl (C=O) groups excluding carboxylic acids is 1. The zero-order valence-corrected chi connectivity index (χ0v) is 12.6. The minimum Gasteiger partial charge on any atom is -0.377 e. The third-order valence-electron chi connectivity index (χ3n) is 2.94. The number of carbonyl (C=O) groups is 1. The second-order valence-corrected chi connectivity index (χ2v) is 4.78. The summed E-state index contributed by atoms with van der Waals surface area (Å²) in [5.41, 5.74) is 6.79. The molecule has 6 nitrogen and oxygen atoms in total.